The molecule has 3 heteroatoms. The monoisotopic (exact) mass is 168 g/mol. The highest BCUT2D eigenvalue weighted by Crippen LogP contribution is 2.47. The summed E-state index contributed by atoms with van der Waals surface area (Å²) in [4.78, 5) is 11.5. The van der Waals surface area contributed by atoms with Crippen LogP contribution < -0.4 is 0 Å². The summed E-state index contributed by atoms with van der Waals surface area (Å²) in [5.41, 5.74) is 0. The molecule has 0 aromatic rings. The van der Waals surface area contributed by atoms with Gasteiger partial charge in [-0.1, -0.05) is 13.8 Å². The van der Waals surface area contributed by atoms with Crippen molar-refractivity contribution in [3.05, 3.63) is 0 Å². The zero-order valence-electron chi connectivity index (χ0n) is 7.19. The maximum absolute atomic E-state index is 11.5. The highest BCUT2D eigenvalue weighted by Gasteiger charge is 2.63. The lowest BCUT2D eigenvalue weighted by molar-refractivity contribution is -0.151. The van der Waals surface area contributed by atoms with Crippen LogP contribution in [0, 0.1) is 11.8 Å². The van der Waals surface area contributed by atoms with Gasteiger partial charge < -0.3 is 9.47 Å². The number of hydrogen-bond donors (Lipinski definition) is 0. The third-order valence-corrected chi connectivity index (χ3v) is 3.50. The van der Waals surface area contributed by atoms with Crippen molar-refractivity contribution in [1.29, 1.82) is 0 Å². The Morgan fingerprint density at radius 3 is 2.33 bits per heavy atom. The number of ether oxygens (including phenoxy) is 2. The minimum absolute atomic E-state index is 0.0590. The molecule has 1 unspecified atom stereocenters. The van der Waals surface area contributed by atoms with E-state index < -0.39 is 0 Å². The summed E-state index contributed by atoms with van der Waals surface area (Å²) >= 11 is 0. The topological polar surface area (TPSA) is 35.5 Å². The molecule has 0 spiro atoms. The van der Waals surface area contributed by atoms with Crippen LogP contribution in [0.1, 0.15) is 13.8 Å². The Kier molecular flexibility index (Phi) is 1.12. The first kappa shape index (κ1) is 7.04. The zero-order valence-corrected chi connectivity index (χ0v) is 7.19. The van der Waals surface area contributed by atoms with E-state index in [2.05, 4.69) is 6.92 Å². The molecular formula is C9H12O3. The number of rotatable bonds is 0. The maximum Gasteiger partial charge on any atom is 0.193 e. The molecule has 4 aliphatic heterocycles. The number of hydrogen-bond acceptors (Lipinski definition) is 3. The average molecular weight is 168 g/mol. The van der Waals surface area contributed by atoms with Crippen molar-refractivity contribution in [2.75, 3.05) is 0 Å². The molecule has 3 nitrogen and oxygen atoms in total. The van der Waals surface area contributed by atoms with Gasteiger partial charge in [-0.2, -0.15) is 0 Å². The second kappa shape index (κ2) is 1.91. The van der Waals surface area contributed by atoms with Crippen molar-refractivity contribution < 1.29 is 14.3 Å². The van der Waals surface area contributed by atoms with Crippen LogP contribution in [0.25, 0.3) is 0 Å². The molecule has 0 radical (unpaired) electrons. The van der Waals surface area contributed by atoms with E-state index in [0.29, 0.717) is 5.92 Å². The lowest BCUT2D eigenvalue weighted by Crippen LogP contribution is -2.45. The average Bonchev–Trinajstić information content (AvgIpc) is 2.43. The van der Waals surface area contributed by atoms with Crippen LogP contribution in [0.3, 0.4) is 0 Å². The first-order valence-corrected chi connectivity index (χ1v) is 4.55. The molecule has 0 aliphatic carbocycles. The summed E-state index contributed by atoms with van der Waals surface area (Å²) in [6.45, 7) is 4.15. The summed E-state index contributed by atoms with van der Waals surface area (Å²) in [6.07, 6.45) is -0.0682. The van der Waals surface area contributed by atoms with Gasteiger partial charge in [0.05, 0.1) is 12.2 Å². The Morgan fingerprint density at radius 2 is 1.67 bits per heavy atom. The molecule has 12 heavy (non-hydrogen) atoms. The number of carbonyl (C=O) groups excluding carboxylic acids is 1. The predicted molar refractivity (Wildman–Crippen MR) is 40.7 cm³/mol. The van der Waals surface area contributed by atoms with E-state index in [1.54, 1.807) is 0 Å². The minimum Gasteiger partial charge on any atom is -0.364 e. The molecular weight excluding hydrogens is 156 g/mol. The standard InChI is InChI=1S/C9H12O3/c1-3-6-4(2)8-9(11-6)5(10)7(3)12-8/h3-4,6-9H,1-2H3/t3-,4+,6?,7+,8-,9-/m1/s1. The van der Waals surface area contributed by atoms with Crippen LogP contribution in [0.5, 0.6) is 0 Å². The molecule has 4 fully saturated rings. The number of carbonyl (C=O) groups is 1. The van der Waals surface area contributed by atoms with E-state index in [1.165, 1.54) is 0 Å². The van der Waals surface area contributed by atoms with Gasteiger partial charge in [-0.25, -0.2) is 0 Å². The molecule has 4 aliphatic rings. The molecule has 0 saturated carbocycles. The van der Waals surface area contributed by atoms with Crippen LogP contribution in [-0.4, -0.2) is 30.2 Å². The Balaban J connectivity index is 2.06. The quantitative estimate of drug-likeness (QED) is 0.524. The molecule has 0 amide bonds. The number of ketones is 1. The Bertz CT molecular complexity index is 244. The van der Waals surface area contributed by atoms with E-state index in [1.807, 2.05) is 6.92 Å². The molecule has 4 rings (SSSR count). The fourth-order valence-electron chi connectivity index (χ4n) is 2.81. The van der Waals surface area contributed by atoms with E-state index in [0.717, 1.165) is 0 Å². The smallest absolute Gasteiger partial charge is 0.193 e. The lowest BCUT2D eigenvalue weighted by Gasteiger charge is -2.34. The first-order chi connectivity index (χ1) is 5.70. The predicted octanol–water partition coefficient (Wildman–Crippen LogP) is 0.376. The zero-order chi connectivity index (χ0) is 8.46. The largest absolute Gasteiger partial charge is 0.364 e. The third kappa shape index (κ3) is 0.559. The highest BCUT2D eigenvalue weighted by atomic mass is 16.6. The summed E-state index contributed by atoms with van der Waals surface area (Å²) in [5, 5.41) is 0. The van der Waals surface area contributed by atoms with Crippen LogP contribution in [0.4, 0.5) is 0 Å². The van der Waals surface area contributed by atoms with E-state index >= 15 is 0 Å². The van der Waals surface area contributed by atoms with E-state index in [9.17, 15) is 4.79 Å². The molecule has 66 valence electrons. The maximum atomic E-state index is 11.5. The molecule has 4 heterocycles. The molecule has 0 aromatic heterocycles. The first-order valence-electron chi connectivity index (χ1n) is 4.55. The van der Waals surface area contributed by atoms with Gasteiger partial charge in [-0.15, -0.1) is 0 Å². The summed E-state index contributed by atoms with van der Waals surface area (Å²) in [7, 11) is 0. The van der Waals surface area contributed by atoms with Crippen LogP contribution >= 0.6 is 0 Å². The van der Waals surface area contributed by atoms with Crippen LogP contribution in [0.2, 0.25) is 0 Å². The SMILES string of the molecule is C[C@@H]1C2O[C@@H]3C(=O)[C@H]1O[C@@H]3[C@H]2C. The van der Waals surface area contributed by atoms with Gasteiger partial charge >= 0.3 is 0 Å². The van der Waals surface area contributed by atoms with Crippen LogP contribution in [0.15, 0.2) is 0 Å². The summed E-state index contributed by atoms with van der Waals surface area (Å²) < 4.78 is 11.2. The van der Waals surface area contributed by atoms with Gasteiger partial charge in [0, 0.05) is 11.8 Å². The van der Waals surface area contributed by atoms with Gasteiger partial charge in [-0.05, 0) is 0 Å². The van der Waals surface area contributed by atoms with Crippen molar-refractivity contribution >= 4 is 5.78 Å². The number of Topliss-reactive ketones (excluding diaryl/α,β-unsaturated/α-hetero) is 1. The van der Waals surface area contributed by atoms with Gasteiger partial charge in [-0.3, -0.25) is 4.79 Å². The fraction of sp³-hybridized carbons (Fsp3) is 0.889. The minimum atomic E-state index is -0.230. The highest BCUT2D eigenvalue weighted by molar-refractivity contribution is 5.91. The van der Waals surface area contributed by atoms with Crippen molar-refractivity contribution in [2.24, 2.45) is 11.8 Å². The van der Waals surface area contributed by atoms with Crippen molar-refractivity contribution in [3.8, 4) is 0 Å². The van der Waals surface area contributed by atoms with Gasteiger partial charge in [0.1, 0.15) is 12.2 Å². The van der Waals surface area contributed by atoms with Gasteiger partial charge in [0.15, 0.2) is 5.78 Å². The summed E-state index contributed by atoms with van der Waals surface area (Å²) in [5.74, 6) is 0.822. The molecule has 0 aromatic carbocycles. The van der Waals surface area contributed by atoms with Crippen LogP contribution in [-0.2, 0) is 14.3 Å². The van der Waals surface area contributed by atoms with Gasteiger partial charge in [0.2, 0.25) is 0 Å². The summed E-state index contributed by atoms with van der Waals surface area (Å²) in [6, 6.07) is 0. The van der Waals surface area contributed by atoms with Crippen molar-refractivity contribution in [1.82, 2.24) is 0 Å². The Morgan fingerprint density at radius 1 is 1.00 bits per heavy atom. The lowest BCUT2D eigenvalue weighted by atomic mass is 9.87. The Hall–Kier alpha value is -0.410. The molecule has 6 atom stereocenters. The Labute approximate surface area is 71.0 Å². The fourth-order valence-corrected chi connectivity index (χ4v) is 2.81. The van der Waals surface area contributed by atoms with Gasteiger partial charge in [0.25, 0.3) is 0 Å². The molecule has 0 N–H and O–H groups in total. The normalized spacial score (nSPS) is 61.7. The van der Waals surface area contributed by atoms with Crippen molar-refractivity contribution in [2.45, 2.75) is 38.3 Å². The van der Waals surface area contributed by atoms with E-state index in [4.69, 9.17) is 9.47 Å². The second-order valence-electron chi connectivity index (χ2n) is 4.16. The third-order valence-electron chi connectivity index (χ3n) is 3.50. The second-order valence-corrected chi connectivity index (χ2v) is 4.16. The van der Waals surface area contributed by atoms with Crippen molar-refractivity contribution in [3.63, 3.8) is 0 Å². The van der Waals surface area contributed by atoms with E-state index in [-0.39, 0.29) is 36.1 Å². The molecule has 4 bridgehead atoms. The molecule has 4 saturated heterocycles.